The molecule has 0 amide bonds. The van der Waals surface area contributed by atoms with E-state index in [2.05, 4.69) is 20.9 Å². The molecule has 21 heavy (non-hydrogen) atoms. The van der Waals surface area contributed by atoms with Gasteiger partial charge in [-0.05, 0) is 27.6 Å². The number of nitrogens with zero attached hydrogens (tertiary/aromatic N) is 1. The number of rotatable bonds is 3. The van der Waals surface area contributed by atoms with E-state index in [0.717, 1.165) is 15.6 Å². The summed E-state index contributed by atoms with van der Waals surface area (Å²) in [5.74, 6) is 0.0196. The maximum atomic E-state index is 12.7. The van der Waals surface area contributed by atoms with E-state index in [-0.39, 0.29) is 5.78 Å². The molecule has 0 spiro atoms. The van der Waals surface area contributed by atoms with Gasteiger partial charge in [-0.3, -0.25) is 9.78 Å². The summed E-state index contributed by atoms with van der Waals surface area (Å²) >= 11 is 3.42. The zero-order valence-corrected chi connectivity index (χ0v) is 12.7. The molecule has 1 heterocycles. The second kappa shape index (κ2) is 6.02. The van der Waals surface area contributed by atoms with Gasteiger partial charge in [0.2, 0.25) is 0 Å². The Labute approximate surface area is 131 Å². The smallest absolute Gasteiger partial charge is 0.193 e. The summed E-state index contributed by atoms with van der Waals surface area (Å²) in [5.41, 5.74) is 3.18. The fourth-order valence-corrected chi connectivity index (χ4v) is 2.60. The van der Waals surface area contributed by atoms with Crippen LogP contribution >= 0.6 is 15.9 Å². The lowest BCUT2D eigenvalue weighted by molar-refractivity contribution is 0.103. The van der Waals surface area contributed by atoms with Crippen molar-refractivity contribution in [3.63, 3.8) is 0 Å². The average molecular weight is 338 g/mol. The molecule has 0 aliphatic heterocycles. The molecule has 3 heteroatoms. The van der Waals surface area contributed by atoms with Gasteiger partial charge >= 0.3 is 0 Å². The van der Waals surface area contributed by atoms with Gasteiger partial charge in [-0.2, -0.15) is 0 Å². The zero-order valence-electron chi connectivity index (χ0n) is 11.2. The maximum absolute atomic E-state index is 12.7. The van der Waals surface area contributed by atoms with Gasteiger partial charge in [0, 0.05) is 33.6 Å². The van der Waals surface area contributed by atoms with Gasteiger partial charge in [0.25, 0.3) is 0 Å². The lowest BCUT2D eigenvalue weighted by Gasteiger charge is -2.09. The first-order chi connectivity index (χ1) is 10.3. The van der Waals surface area contributed by atoms with E-state index in [1.54, 1.807) is 12.4 Å². The third kappa shape index (κ3) is 2.93. The molecule has 2 aromatic carbocycles. The van der Waals surface area contributed by atoms with E-state index in [1.807, 2.05) is 60.7 Å². The molecule has 0 aliphatic carbocycles. The zero-order chi connectivity index (χ0) is 14.7. The molecule has 0 saturated carbocycles. The Hall–Kier alpha value is -2.26. The van der Waals surface area contributed by atoms with Crippen LogP contribution in [0, 0.1) is 0 Å². The summed E-state index contributed by atoms with van der Waals surface area (Å²) in [6.45, 7) is 0. The molecule has 0 unspecified atom stereocenters. The third-order valence-corrected chi connectivity index (χ3v) is 3.66. The summed E-state index contributed by atoms with van der Waals surface area (Å²) in [6.07, 6.45) is 3.49. The minimum Gasteiger partial charge on any atom is -0.289 e. The van der Waals surface area contributed by atoms with Gasteiger partial charge < -0.3 is 0 Å². The molecule has 0 aliphatic rings. The molecule has 0 N–H and O–H groups in total. The number of hydrogen-bond acceptors (Lipinski definition) is 2. The molecule has 3 rings (SSSR count). The minimum atomic E-state index is 0.0196. The van der Waals surface area contributed by atoms with Crippen molar-refractivity contribution in [2.24, 2.45) is 0 Å². The lowest BCUT2D eigenvalue weighted by Crippen LogP contribution is -2.03. The normalized spacial score (nSPS) is 10.3. The number of carbonyl (C=O) groups excluding carboxylic acids is 1. The van der Waals surface area contributed by atoms with E-state index in [0.29, 0.717) is 11.1 Å². The van der Waals surface area contributed by atoms with Gasteiger partial charge in [-0.25, -0.2) is 0 Å². The van der Waals surface area contributed by atoms with Crippen LogP contribution in [-0.2, 0) is 0 Å². The van der Waals surface area contributed by atoms with Crippen molar-refractivity contribution in [1.29, 1.82) is 0 Å². The first-order valence-corrected chi connectivity index (χ1v) is 7.35. The molecule has 2 nitrogen and oxygen atoms in total. The summed E-state index contributed by atoms with van der Waals surface area (Å²) in [5, 5.41) is 0. The summed E-state index contributed by atoms with van der Waals surface area (Å²) < 4.78 is 0.891. The van der Waals surface area contributed by atoms with Crippen LogP contribution in [0.4, 0.5) is 0 Å². The van der Waals surface area contributed by atoms with Crippen molar-refractivity contribution in [2.75, 3.05) is 0 Å². The maximum Gasteiger partial charge on any atom is 0.193 e. The number of aromatic nitrogens is 1. The number of carbonyl (C=O) groups is 1. The summed E-state index contributed by atoms with van der Waals surface area (Å²) in [4.78, 5) is 16.9. The topological polar surface area (TPSA) is 30.0 Å². The van der Waals surface area contributed by atoms with Gasteiger partial charge in [-0.1, -0.05) is 54.6 Å². The molecule has 0 atom stereocenters. The van der Waals surface area contributed by atoms with Crippen molar-refractivity contribution < 1.29 is 4.79 Å². The largest absolute Gasteiger partial charge is 0.289 e. The van der Waals surface area contributed by atoms with Gasteiger partial charge in [0.15, 0.2) is 5.78 Å². The molecule has 1 aromatic heterocycles. The molecule has 0 saturated heterocycles. The number of hydrogen-bond donors (Lipinski definition) is 0. The Bertz CT molecular complexity index is 784. The van der Waals surface area contributed by atoms with E-state index in [1.165, 1.54) is 0 Å². The Morgan fingerprint density at radius 2 is 1.62 bits per heavy atom. The molecule has 3 aromatic rings. The van der Waals surface area contributed by atoms with E-state index >= 15 is 0 Å². The third-order valence-electron chi connectivity index (χ3n) is 3.22. The number of halogens is 1. The summed E-state index contributed by atoms with van der Waals surface area (Å²) in [6, 6.07) is 18.9. The predicted molar refractivity (Wildman–Crippen MR) is 87.2 cm³/mol. The van der Waals surface area contributed by atoms with Crippen LogP contribution < -0.4 is 0 Å². The van der Waals surface area contributed by atoms with Crippen LogP contribution in [0.2, 0.25) is 0 Å². The monoisotopic (exact) mass is 337 g/mol. The van der Waals surface area contributed by atoms with Crippen LogP contribution in [0.3, 0.4) is 0 Å². The predicted octanol–water partition coefficient (Wildman–Crippen LogP) is 4.74. The van der Waals surface area contributed by atoms with Crippen LogP contribution in [0.5, 0.6) is 0 Å². The van der Waals surface area contributed by atoms with Crippen molar-refractivity contribution >= 4 is 21.7 Å². The molecule has 0 radical (unpaired) electrons. The highest BCUT2D eigenvalue weighted by Crippen LogP contribution is 2.27. The number of ketones is 1. The first kappa shape index (κ1) is 13.7. The minimum absolute atomic E-state index is 0.0196. The Balaban J connectivity index is 2.11. The standard InChI is InChI=1S/C18H12BrNO/c19-15-10-14(11-20-12-15)16-8-4-5-9-17(16)18(21)13-6-2-1-3-7-13/h1-12H. The van der Waals surface area contributed by atoms with E-state index in [9.17, 15) is 4.79 Å². The second-order valence-electron chi connectivity index (χ2n) is 4.63. The fraction of sp³-hybridized carbons (Fsp3) is 0. The molecular weight excluding hydrogens is 326 g/mol. The van der Waals surface area contributed by atoms with Crippen LogP contribution in [0.1, 0.15) is 15.9 Å². The quantitative estimate of drug-likeness (QED) is 0.646. The van der Waals surface area contributed by atoms with Crippen LogP contribution in [-0.4, -0.2) is 10.8 Å². The lowest BCUT2D eigenvalue weighted by atomic mass is 9.95. The molecule has 102 valence electrons. The summed E-state index contributed by atoms with van der Waals surface area (Å²) in [7, 11) is 0. The van der Waals surface area contributed by atoms with Gasteiger partial charge in [0.1, 0.15) is 0 Å². The van der Waals surface area contributed by atoms with E-state index < -0.39 is 0 Å². The number of benzene rings is 2. The number of pyridine rings is 1. The Morgan fingerprint density at radius 3 is 2.38 bits per heavy atom. The highest BCUT2D eigenvalue weighted by molar-refractivity contribution is 9.10. The van der Waals surface area contributed by atoms with Crippen molar-refractivity contribution in [3.05, 3.63) is 88.7 Å². The first-order valence-electron chi connectivity index (χ1n) is 6.55. The average Bonchev–Trinajstić information content (AvgIpc) is 2.55. The molecular formula is C18H12BrNO. The van der Waals surface area contributed by atoms with Crippen molar-refractivity contribution in [1.82, 2.24) is 4.98 Å². The molecule has 0 bridgehead atoms. The fourth-order valence-electron chi connectivity index (χ4n) is 2.24. The van der Waals surface area contributed by atoms with Crippen LogP contribution in [0.15, 0.2) is 77.5 Å². The SMILES string of the molecule is O=C(c1ccccc1)c1ccccc1-c1cncc(Br)c1. The molecule has 0 fully saturated rings. The van der Waals surface area contributed by atoms with Crippen molar-refractivity contribution in [2.45, 2.75) is 0 Å². The van der Waals surface area contributed by atoms with Crippen molar-refractivity contribution in [3.8, 4) is 11.1 Å². The highest BCUT2D eigenvalue weighted by atomic mass is 79.9. The Morgan fingerprint density at radius 1 is 0.905 bits per heavy atom. The van der Waals surface area contributed by atoms with Crippen LogP contribution in [0.25, 0.3) is 11.1 Å². The second-order valence-corrected chi connectivity index (χ2v) is 5.55. The van der Waals surface area contributed by atoms with E-state index in [4.69, 9.17) is 0 Å². The highest BCUT2D eigenvalue weighted by Gasteiger charge is 2.14. The van der Waals surface area contributed by atoms with Gasteiger partial charge in [0.05, 0.1) is 0 Å². The van der Waals surface area contributed by atoms with Gasteiger partial charge in [-0.15, -0.1) is 0 Å². The Kier molecular flexibility index (Phi) is 3.93.